The quantitative estimate of drug-likeness (QED) is 0.583. The van der Waals surface area contributed by atoms with E-state index in [0.29, 0.717) is 5.69 Å². The van der Waals surface area contributed by atoms with Gasteiger partial charge < -0.3 is 15.4 Å². The molecule has 6 nitrogen and oxygen atoms in total. The highest BCUT2D eigenvalue weighted by molar-refractivity contribution is 5.99. The number of hydrogen-bond acceptors (Lipinski definition) is 4. The fourth-order valence-corrected chi connectivity index (χ4v) is 2.28. The first-order chi connectivity index (χ1) is 13.0. The normalized spacial score (nSPS) is 10.8. The van der Waals surface area contributed by atoms with Crippen LogP contribution in [0.3, 0.4) is 0 Å². The van der Waals surface area contributed by atoms with E-state index >= 15 is 0 Å². The minimum atomic E-state index is -0.787. The first-order valence-electron chi connectivity index (χ1n) is 8.58. The smallest absolute Gasteiger partial charge is 0.355 e. The summed E-state index contributed by atoms with van der Waals surface area (Å²) < 4.78 is 5.02. The van der Waals surface area contributed by atoms with Gasteiger partial charge >= 0.3 is 5.97 Å². The average molecular weight is 366 g/mol. The van der Waals surface area contributed by atoms with Crippen molar-refractivity contribution in [3.05, 3.63) is 71.4 Å². The zero-order chi connectivity index (χ0) is 19.6. The summed E-state index contributed by atoms with van der Waals surface area (Å²) in [6.45, 7) is 2.88. The minimum Gasteiger partial charge on any atom is -0.451 e. The van der Waals surface area contributed by atoms with Gasteiger partial charge in [-0.1, -0.05) is 49.4 Å². The number of hydrogen-bond donors (Lipinski definition) is 2. The Kier molecular flexibility index (Phi) is 7.31. The van der Waals surface area contributed by atoms with Gasteiger partial charge in [0.1, 0.15) is 5.70 Å². The zero-order valence-electron chi connectivity index (χ0n) is 15.3. The molecule has 0 bridgehead atoms. The second kappa shape index (κ2) is 9.91. The van der Waals surface area contributed by atoms with Gasteiger partial charge in [0.05, 0.1) is 0 Å². The number of ether oxygens (including phenoxy) is 1. The Morgan fingerprint density at radius 2 is 1.67 bits per heavy atom. The van der Waals surface area contributed by atoms with Crippen molar-refractivity contribution in [2.75, 3.05) is 11.9 Å². The standard InChI is InChI=1S/C21H22N2O4/c1-3-16-9-11-18(12-10-16)23-20(25)14-27-21(26)19(22-15(2)24)13-17-7-5-4-6-8-17/h4-13H,3,14H2,1-2H3,(H,22,24)(H,23,25)/b19-13-. The summed E-state index contributed by atoms with van der Waals surface area (Å²) in [6.07, 6.45) is 2.40. The van der Waals surface area contributed by atoms with E-state index in [-0.39, 0.29) is 5.70 Å². The molecule has 0 aliphatic heterocycles. The minimum absolute atomic E-state index is 0.0335. The van der Waals surface area contributed by atoms with Crippen LogP contribution in [0.25, 0.3) is 6.08 Å². The molecule has 0 aromatic heterocycles. The van der Waals surface area contributed by atoms with E-state index in [4.69, 9.17) is 4.74 Å². The van der Waals surface area contributed by atoms with Crippen LogP contribution in [-0.4, -0.2) is 24.4 Å². The van der Waals surface area contributed by atoms with Gasteiger partial charge in [-0.15, -0.1) is 0 Å². The van der Waals surface area contributed by atoms with Gasteiger partial charge in [0.15, 0.2) is 6.61 Å². The molecule has 0 spiro atoms. The highest BCUT2D eigenvalue weighted by atomic mass is 16.5. The number of rotatable bonds is 7. The van der Waals surface area contributed by atoms with Crippen LogP contribution in [0.4, 0.5) is 5.69 Å². The van der Waals surface area contributed by atoms with Crippen LogP contribution in [0.2, 0.25) is 0 Å². The molecule has 0 saturated heterocycles. The molecule has 0 heterocycles. The van der Waals surface area contributed by atoms with Crippen molar-refractivity contribution >= 4 is 29.5 Å². The summed E-state index contributed by atoms with van der Waals surface area (Å²) in [5.41, 5.74) is 2.47. The summed E-state index contributed by atoms with van der Waals surface area (Å²) in [5, 5.41) is 5.09. The molecule has 2 amide bonds. The third-order valence-corrected chi connectivity index (χ3v) is 3.62. The highest BCUT2D eigenvalue weighted by Crippen LogP contribution is 2.10. The molecule has 6 heteroatoms. The van der Waals surface area contributed by atoms with Crippen molar-refractivity contribution in [1.82, 2.24) is 5.32 Å². The van der Waals surface area contributed by atoms with Gasteiger partial charge in [-0.05, 0) is 35.8 Å². The van der Waals surface area contributed by atoms with Crippen molar-refractivity contribution in [1.29, 1.82) is 0 Å². The van der Waals surface area contributed by atoms with E-state index in [9.17, 15) is 14.4 Å². The maximum atomic E-state index is 12.2. The molecule has 2 rings (SSSR count). The second-order valence-electron chi connectivity index (χ2n) is 5.82. The third kappa shape index (κ3) is 6.78. The molecule has 0 fully saturated rings. The average Bonchev–Trinajstić information content (AvgIpc) is 2.66. The van der Waals surface area contributed by atoms with Crippen LogP contribution < -0.4 is 10.6 Å². The Labute approximate surface area is 158 Å². The van der Waals surface area contributed by atoms with Gasteiger partial charge in [-0.25, -0.2) is 4.79 Å². The second-order valence-corrected chi connectivity index (χ2v) is 5.82. The van der Waals surface area contributed by atoms with E-state index in [1.165, 1.54) is 13.0 Å². The molecule has 2 aromatic rings. The first-order valence-corrected chi connectivity index (χ1v) is 8.58. The summed E-state index contributed by atoms with van der Waals surface area (Å²) in [6, 6.07) is 16.4. The van der Waals surface area contributed by atoms with Crippen molar-refractivity contribution in [3.63, 3.8) is 0 Å². The van der Waals surface area contributed by atoms with Gasteiger partial charge in [0, 0.05) is 12.6 Å². The number of carbonyl (C=O) groups excluding carboxylic acids is 3. The molecule has 27 heavy (non-hydrogen) atoms. The lowest BCUT2D eigenvalue weighted by Crippen LogP contribution is -2.28. The lowest BCUT2D eigenvalue weighted by molar-refractivity contribution is -0.144. The number of anilines is 1. The molecule has 0 saturated carbocycles. The lowest BCUT2D eigenvalue weighted by Gasteiger charge is -2.10. The first kappa shape index (κ1) is 19.9. The highest BCUT2D eigenvalue weighted by Gasteiger charge is 2.15. The van der Waals surface area contributed by atoms with Gasteiger partial charge in [-0.3, -0.25) is 9.59 Å². The maximum Gasteiger partial charge on any atom is 0.355 e. The molecule has 140 valence electrons. The number of amides is 2. The summed E-state index contributed by atoms with van der Waals surface area (Å²) >= 11 is 0. The zero-order valence-corrected chi connectivity index (χ0v) is 15.3. The topological polar surface area (TPSA) is 84.5 Å². The molecule has 0 unspecified atom stereocenters. The van der Waals surface area contributed by atoms with E-state index < -0.39 is 24.4 Å². The van der Waals surface area contributed by atoms with Crippen molar-refractivity contribution in [2.45, 2.75) is 20.3 Å². The number of nitrogens with one attached hydrogen (secondary N) is 2. The Bertz CT molecular complexity index is 827. The number of benzene rings is 2. The lowest BCUT2D eigenvalue weighted by atomic mass is 10.1. The molecule has 2 aromatic carbocycles. The van der Waals surface area contributed by atoms with E-state index in [1.807, 2.05) is 25.1 Å². The fraction of sp³-hybridized carbons (Fsp3) is 0.190. The van der Waals surface area contributed by atoms with E-state index in [2.05, 4.69) is 10.6 Å². The molecule has 2 N–H and O–H groups in total. The van der Waals surface area contributed by atoms with Gasteiger partial charge in [0.2, 0.25) is 5.91 Å². The van der Waals surface area contributed by atoms with Gasteiger partial charge in [0.25, 0.3) is 5.91 Å². The van der Waals surface area contributed by atoms with Crippen LogP contribution in [0, 0.1) is 0 Å². The predicted octanol–water partition coefficient (Wildman–Crippen LogP) is 2.91. The van der Waals surface area contributed by atoms with E-state index in [0.717, 1.165) is 17.5 Å². The Hall–Kier alpha value is -3.41. The Morgan fingerprint density at radius 3 is 2.26 bits per heavy atom. The monoisotopic (exact) mass is 366 g/mol. The van der Waals surface area contributed by atoms with Crippen molar-refractivity contribution in [2.24, 2.45) is 0 Å². The SMILES string of the molecule is CCc1ccc(NC(=O)COC(=O)/C(=C/c2ccccc2)NC(C)=O)cc1. The Balaban J connectivity index is 1.96. The van der Waals surface area contributed by atoms with Crippen LogP contribution in [-0.2, 0) is 25.5 Å². The van der Waals surface area contributed by atoms with Crippen LogP contribution >= 0.6 is 0 Å². The molecular weight excluding hydrogens is 344 g/mol. The van der Waals surface area contributed by atoms with E-state index in [1.54, 1.807) is 36.4 Å². The predicted molar refractivity (Wildman–Crippen MR) is 104 cm³/mol. The van der Waals surface area contributed by atoms with Crippen LogP contribution in [0.15, 0.2) is 60.3 Å². The molecule has 0 atom stereocenters. The summed E-state index contributed by atoms with van der Waals surface area (Å²) in [5.74, 6) is -1.66. The molecule has 0 aliphatic rings. The number of carbonyl (C=O) groups is 3. The maximum absolute atomic E-state index is 12.2. The van der Waals surface area contributed by atoms with Crippen LogP contribution in [0.5, 0.6) is 0 Å². The summed E-state index contributed by atoms with van der Waals surface area (Å²) in [4.78, 5) is 35.6. The molecule has 0 aliphatic carbocycles. The van der Waals surface area contributed by atoms with Crippen molar-refractivity contribution in [3.8, 4) is 0 Å². The van der Waals surface area contributed by atoms with Crippen molar-refractivity contribution < 1.29 is 19.1 Å². The Morgan fingerprint density at radius 1 is 1.00 bits per heavy atom. The third-order valence-electron chi connectivity index (χ3n) is 3.62. The molecular formula is C21H22N2O4. The van der Waals surface area contributed by atoms with Gasteiger partial charge in [-0.2, -0.15) is 0 Å². The summed E-state index contributed by atoms with van der Waals surface area (Å²) in [7, 11) is 0. The largest absolute Gasteiger partial charge is 0.451 e. The number of aryl methyl sites for hydroxylation is 1. The van der Waals surface area contributed by atoms with Crippen LogP contribution in [0.1, 0.15) is 25.0 Å². The fourth-order valence-electron chi connectivity index (χ4n) is 2.28. The number of esters is 1. The molecule has 0 radical (unpaired) electrons.